The molecule has 3 aliphatic rings. The Bertz CT molecular complexity index is 1720. The second kappa shape index (κ2) is 11.6. The summed E-state index contributed by atoms with van der Waals surface area (Å²) in [7, 11) is 1.28. The molecule has 0 radical (unpaired) electrons. The van der Waals surface area contributed by atoms with Crippen LogP contribution in [0.5, 0.6) is 0 Å². The average molecular weight is 600 g/mol. The van der Waals surface area contributed by atoms with Gasteiger partial charge in [-0.3, -0.25) is 9.59 Å². The van der Waals surface area contributed by atoms with Crippen LogP contribution in [0.1, 0.15) is 69.2 Å². The van der Waals surface area contributed by atoms with Crippen molar-refractivity contribution in [3.8, 4) is 11.1 Å². The number of carbonyl (C=O) groups excluding carboxylic acids is 3. The van der Waals surface area contributed by atoms with Crippen LogP contribution in [-0.4, -0.2) is 86.6 Å². The molecular formula is C32H37N7O5. The van der Waals surface area contributed by atoms with Gasteiger partial charge in [-0.2, -0.15) is 0 Å². The summed E-state index contributed by atoms with van der Waals surface area (Å²) in [6, 6.07) is 11.3. The lowest BCUT2D eigenvalue weighted by Gasteiger charge is -2.26. The Morgan fingerprint density at radius 3 is 2.05 bits per heavy atom. The molecule has 3 saturated heterocycles. The molecule has 5 heterocycles. The molecule has 3 fully saturated rings. The highest BCUT2D eigenvalue weighted by Gasteiger charge is 2.37. The first-order valence-electron chi connectivity index (χ1n) is 15.5. The molecule has 4 aromatic rings. The highest BCUT2D eigenvalue weighted by molar-refractivity contribution is 5.88. The molecule has 3 amide bonds. The molecule has 2 aromatic carbocycles. The smallest absolute Gasteiger partial charge is 0.407 e. The number of alkyl carbamates (subject to hydrolysis) is 1. The maximum atomic E-state index is 13.1. The van der Waals surface area contributed by atoms with E-state index in [9.17, 15) is 14.4 Å². The molecular weight excluding hydrogens is 562 g/mol. The molecule has 12 nitrogen and oxygen atoms in total. The summed E-state index contributed by atoms with van der Waals surface area (Å²) < 4.78 is 10.3. The summed E-state index contributed by atoms with van der Waals surface area (Å²) in [6.07, 6.45) is 4.25. The number of methoxy groups -OCH3 is 1. The number of aromatic amines is 2. The zero-order chi connectivity index (χ0) is 30.4. The number of carbonyl (C=O) groups is 3. The predicted molar refractivity (Wildman–Crippen MR) is 163 cm³/mol. The first kappa shape index (κ1) is 28.3. The number of nitrogens with zero attached hydrogens (tertiary/aromatic N) is 4. The van der Waals surface area contributed by atoms with Crippen LogP contribution in [0.15, 0.2) is 36.4 Å². The SMILES string of the molecule is COC(=O)N[C@@H](C)C(=O)N1CCC[C@H]1c1nc2ccc(-c3ccc4nc([C@@H]5CCCN5C(=O)[C@H]5CCCO5)[nH]c4c3)cc2[nH]1. The monoisotopic (exact) mass is 599 g/mol. The Morgan fingerprint density at radius 1 is 0.886 bits per heavy atom. The number of likely N-dealkylation sites (tertiary alicyclic amines) is 2. The van der Waals surface area contributed by atoms with Gasteiger partial charge in [-0.05, 0) is 80.8 Å². The summed E-state index contributed by atoms with van der Waals surface area (Å²) in [6.45, 7) is 3.65. The fraction of sp³-hybridized carbons (Fsp3) is 0.469. The van der Waals surface area contributed by atoms with E-state index in [2.05, 4.69) is 38.2 Å². The standard InChI is InChI=1S/C32H37N7O5/c1-18(33-32(42)43-2)30(40)38-13-3-6-25(38)28-34-21-11-9-19(16-23(21)36-28)20-10-12-22-24(17-20)37-29(35-22)26-7-4-14-39(26)31(41)27-8-5-15-44-27/h9-12,16-18,25-27H,3-8,13-15H2,1-2H3,(H,33,42)(H,34,36)(H,35,37)/t18-,25-,26-,27+/m0/s1. The average Bonchev–Trinajstić information content (AvgIpc) is 3.87. The lowest BCUT2D eigenvalue weighted by molar-refractivity contribution is -0.142. The number of ether oxygens (including phenoxy) is 2. The van der Waals surface area contributed by atoms with Crippen LogP contribution in [0.25, 0.3) is 33.2 Å². The first-order valence-corrected chi connectivity index (χ1v) is 15.5. The maximum Gasteiger partial charge on any atom is 0.407 e. The van der Waals surface area contributed by atoms with Crippen LogP contribution in [0.3, 0.4) is 0 Å². The van der Waals surface area contributed by atoms with Crippen molar-refractivity contribution in [2.24, 2.45) is 0 Å². The highest BCUT2D eigenvalue weighted by Crippen LogP contribution is 2.35. The Balaban J connectivity index is 1.11. The molecule has 0 aliphatic carbocycles. The van der Waals surface area contributed by atoms with Gasteiger partial charge < -0.3 is 34.6 Å². The Kier molecular flexibility index (Phi) is 7.45. The normalized spacial score (nSPS) is 22.6. The Morgan fingerprint density at radius 2 is 1.48 bits per heavy atom. The van der Waals surface area contributed by atoms with E-state index in [1.165, 1.54) is 7.11 Å². The topological polar surface area (TPSA) is 146 Å². The number of rotatable bonds is 6. The number of amides is 3. The second-order valence-electron chi connectivity index (χ2n) is 11.9. The number of H-pyrrole nitrogens is 2. The van der Waals surface area contributed by atoms with E-state index in [1.54, 1.807) is 11.8 Å². The fourth-order valence-corrected chi connectivity index (χ4v) is 6.87. The molecule has 7 rings (SSSR count). The summed E-state index contributed by atoms with van der Waals surface area (Å²) in [4.78, 5) is 58.2. The third-order valence-corrected chi connectivity index (χ3v) is 9.13. The van der Waals surface area contributed by atoms with Gasteiger partial charge >= 0.3 is 6.09 Å². The minimum atomic E-state index is -0.699. The van der Waals surface area contributed by atoms with Gasteiger partial charge in [-0.1, -0.05) is 12.1 Å². The molecule has 0 spiro atoms. The molecule has 0 saturated carbocycles. The van der Waals surface area contributed by atoms with Crippen LogP contribution in [0, 0.1) is 0 Å². The maximum absolute atomic E-state index is 13.1. The fourth-order valence-electron chi connectivity index (χ4n) is 6.87. The highest BCUT2D eigenvalue weighted by atomic mass is 16.5. The molecule has 12 heteroatoms. The van der Waals surface area contributed by atoms with Crippen molar-refractivity contribution in [1.29, 1.82) is 0 Å². The number of imidazole rings is 2. The number of nitrogens with one attached hydrogen (secondary N) is 3. The van der Waals surface area contributed by atoms with Gasteiger partial charge in [-0.15, -0.1) is 0 Å². The molecule has 3 N–H and O–H groups in total. The van der Waals surface area contributed by atoms with E-state index >= 15 is 0 Å². The number of hydrogen-bond acceptors (Lipinski definition) is 7. The molecule has 0 bridgehead atoms. The lowest BCUT2D eigenvalue weighted by Crippen LogP contribution is -2.46. The van der Waals surface area contributed by atoms with E-state index in [0.29, 0.717) is 13.2 Å². The summed E-state index contributed by atoms with van der Waals surface area (Å²) in [5.41, 5.74) is 5.56. The summed E-state index contributed by atoms with van der Waals surface area (Å²) in [5.74, 6) is 1.47. The minimum absolute atomic E-state index is 0.0661. The molecule has 3 aliphatic heterocycles. The second-order valence-corrected chi connectivity index (χ2v) is 11.9. The third kappa shape index (κ3) is 5.17. The van der Waals surface area contributed by atoms with Crippen LogP contribution < -0.4 is 5.32 Å². The summed E-state index contributed by atoms with van der Waals surface area (Å²) >= 11 is 0. The third-order valence-electron chi connectivity index (χ3n) is 9.13. The van der Waals surface area contributed by atoms with Crippen molar-refractivity contribution in [3.05, 3.63) is 48.0 Å². The molecule has 230 valence electrons. The van der Waals surface area contributed by atoms with Crippen LogP contribution in [-0.2, 0) is 19.1 Å². The Labute approximate surface area is 254 Å². The van der Waals surface area contributed by atoms with Crippen molar-refractivity contribution in [2.45, 2.75) is 69.7 Å². The zero-order valence-electron chi connectivity index (χ0n) is 25.0. The molecule has 44 heavy (non-hydrogen) atoms. The van der Waals surface area contributed by atoms with Crippen LogP contribution in [0.4, 0.5) is 4.79 Å². The van der Waals surface area contributed by atoms with E-state index in [0.717, 1.165) is 89.9 Å². The quantitative estimate of drug-likeness (QED) is 0.299. The largest absolute Gasteiger partial charge is 0.453 e. The molecule has 2 aromatic heterocycles. The number of benzene rings is 2. The Hall–Kier alpha value is -4.45. The number of aromatic nitrogens is 4. The van der Waals surface area contributed by atoms with E-state index in [4.69, 9.17) is 14.7 Å². The number of hydrogen-bond donors (Lipinski definition) is 3. The van der Waals surface area contributed by atoms with Crippen molar-refractivity contribution in [1.82, 2.24) is 35.1 Å². The number of fused-ring (bicyclic) bond motifs is 2. The van der Waals surface area contributed by atoms with Gasteiger partial charge in [-0.25, -0.2) is 14.8 Å². The minimum Gasteiger partial charge on any atom is -0.453 e. The van der Waals surface area contributed by atoms with Gasteiger partial charge in [0, 0.05) is 19.7 Å². The van der Waals surface area contributed by atoms with Crippen molar-refractivity contribution in [3.63, 3.8) is 0 Å². The van der Waals surface area contributed by atoms with Crippen LogP contribution >= 0.6 is 0 Å². The zero-order valence-corrected chi connectivity index (χ0v) is 25.0. The molecule has 0 unspecified atom stereocenters. The van der Waals surface area contributed by atoms with E-state index < -0.39 is 12.1 Å². The van der Waals surface area contributed by atoms with Gasteiger partial charge in [0.25, 0.3) is 5.91 Å². The lowest BCUT2D eigenvalue weighted by atomic mass is 10.0. The summed E-state index contributed by atoms with van der Waals surface area (Å²) in [5, 5.41) is 2.57. The van der Waals surface area contributed by atoms with E-state index in [-0.39, 0.29) is 30.0 Å². The van der Waals surface area contributed by atoms with Crippen molar-refractivity contribution in [2.75, 3.05) is 26.8 Å². The predicted octanol–water partition coefficient (Wildman–Crippen LogP) is 4.36. The first-order chi connectivity index (χ1) is 21.4. The van der Waals surface area contributed by atoms with Gasteiger partial charge in [0.15, 0.2) is 0 Å². The van der Waals surface area contributed by atoms with Gasteiger partial charge in [0.05, 0.1) is 41.3 Å². The van der Waals surface area contributed by atoms with E-state index in [1.807, 2.05) is 23.1 Å². The molecule has 4 atom stereocenters. The van der Waals surface area contributed by atoms with Gasteiger partial charge in [0.2, 0.25) is 5.91 Å². The van der Waals surface area contributed by atoms with Crippen molar-refractivity contribution >= 4 is 40.0 Å². The van der Waals surface area contributed by atoms with Gasteiger partial charge in [0.1, 0.15) is 23.8 Å². The van der Waals surface area contributed by atoms with Crippen LogP contribution in [0.2, 0.25) is 0 Å². The van der Waals surface area contributed by atoms with Crippen molar-refractivity contribution < 1.29 is 23.9 Å².